The number of carbonyl (C=O) groups excluding carboxylic acids is 3. The molecular formula is C31H40N8O4. The molecule has 4 heterocycles. The molecule has 0 spiro atoms. The van der Waals surface area contributed by atoms with Crippen molar-refractivity contribution in [3.05, 3.63) is 53.7 Å². The van der Waals surface area contributed by atoms with E-state index in [0.29, 0.717) is 19.6 Å². The van der Waals surface area contributed by atoms with Crippen molar-refractivity contribution < 1.29 is 19.1 Å². The number of hydrogen-bond donors (Lipinski definition) is 2. The van der Waals surface area contributed by atoms with Crippen LogP contribution in [0.4, 0.5) is 11.8 Å². The van der Waals surface area contributed by atoms with E-state index in [1.807, 2.05) is 23.2 Å². The van der Waals surface area contributed by atoms with Crippen LogP contribution in [0.25, 0.3) is 11.0 Å². The second-order valence-corrected chi connectivity index (χ2v) is 11.0. The minimum absolute atomic E-state index is 0.0391. The van der Waals surface area contributed by atoms with Gasteiger partial charge in [-0.1, -0.05) is 25.8 Å². The predicted octanol–water partition coefficient (Wildman–Crippen LogP) is 2.63. The fraction of sp³-hybridized carbons (Fsp3) is 0.452. The van der Waals surface area contributed by atoms with Crippen LogP contribution in [-0.4, -0.2) is 93.3 Å². The molecule has 0 bridgehead atoms. The third kappa shape index (κ3) is 7.14. The van der Waals surface area contributed by atoms with Crippen molar-refractivity contribution in [2.24, 2.45) is 0 Å². The summed E-state index contributed by atoms with van der Waals surface area (Å²) in [6.45, 7) is 7.13. The number of methoxy groups -OCH3 is 1. The molecule has 0 unspecified atom stereocenters. The number of aromatic nitrogens is 3. The number of amides is 3. The van der Waals surface area contributed by atoms with Crippen LogP contribution in [0.5, 0.6) is 5.75 Å². The lowest BCUT2D eigenvalue weighted by Gasteiger charge is -2.35. The number of piperazine rings is 1. The minimum Gasteiger partial charge on any atom is -0.496 e. The Hall–Kier alpha value is -4.45. The fourth-order valence-electron chi connectivity index (χ4n) is 5.63. The van der Waals surface area contributed by atoms with Gasteiger partial charge in [-0.15, -0.1) is 0 Å². The third-order valence-corrected chi connectivity index (χ3v) is 7.97. The molecule has 0 saturated carbocycles. The smallest absolute Gasteiger partial charge is 0.253 e. The Balaban J connectivity index is 1.21. The van der Waals surface area contributed by atoms with Crippen LogP contribution >= 0.6 is 0 Å². The zero-order valence-corrected chi connectivity index (χ0v) is 24.9. The van der Waals surface area contributed by atoms with E-state index in [4.69, 9.17) is 10.5 Å². The van der Waals surface area contributed by atoms with Crippen molar-refractivity contribution >= 4 is 40.5 Å². The first kappa shape index (κ1) is 30.0. The molecule has 12 heteroatoms. The van der Waals surface area contributed by atoms with Crippen LogP contribution in [0.1, 0.15) is 43.7 Å². The number of nitrogen functional groups attached to an aromatic ring is 1. The van der Waals surface area contributed by atoms with Crippen LogP contribution in [0.15, 0.2) is 42.6 Å². The zero-order chi connectivity index (χ0) is 30.3. The first-order chi connectivity index (χ1) is 20.9. The summed E-state index contributed by atoms with van der Waals surface area (Å²) in [5.74, 6) is 1.04. The molecule has 0 atom stereocenters. The fourth-order valence-corrected chi connectivity index (χ4v) is 5.63. The Morgan fingerprint density at radius 2 is 1.79 bits per heavy atom. The Bertz CT molecular complexity index is 1490. The summed E-state index contributed by atoms with van der Waals surface area (Å²) in [5, 5.41) is 3.45. The van der Waals surface area contributed by atoms with Crippen LogP contribution in [0.3, 0.4) is 0 Å². The van der Waals surface area contributed by atoms with E-state index < -0.39 is 0 Å². The topological polar surface area (TPSA) is 139 Å². The van der Waals surface area contributed by atoms with Gasteiger partial charge in [0, 0.05) is 76.1 Å². The highest BCUT2D eigenvalue weighted by Gasteiger charge is 2.26. The average Bonchev–Trinajstić information content (AvgIpc) is 3.55. The maximum Gasteiger partial charge on any atom is 0.253 e. The molecule has 2 aliphatic rings. The average molecular weight is 589 g/mol. The summed E-state index contributed by atoms with van der Waals surface area (Å²) in [4.78, 5) is 50.4. The van der Waals surface area contributed by atoms with Crippen LogP contribution < -0.4 is 15.8 Å². The second-order valence-electron chi connectivity index (χ2n) is 11.0. The molecule has 3 aromatic rings. The number of fused-ring (bicyclic) bond motifs is 1. The summed E-state index contributed by atoms with van der Waals surface area (Å²) in [6, 6.07) is 8.22. The molecule has 2 aromatic heterocycles. The van der Waals surface area contributed by atoms with Crippen molar-refractivity contribution in [3.63, 3.8) is 0 Å². The first-order valence-electron chi connectivity index (χ1n) is 14.9. The summed E-state index contributed by atoms with van der Waals surface area (Å²) in [7, 11) is 1.68. The van der Waals surface area contributed by atoms with Gasteiger partial charge < -0.3 is 25.3 Å². The zero-order valence-electron chi connectivity index (χ0n) is 24.9. The lowest BCUT2D eigenvalue weighted by molar-refractivity contribution is -0.138. The normalized spacial score (nSPS) is 15.6. The molecule has 2 aliphatic heterocycles. The highest BCUT2D eigenvalue weighted by Crippen LogP contribution is 2.27. The number of imide groups is 1. The Morgan fingerprint density at radius 3 is 2.51 bits per heavy atom. The first-order valence-corrected chi connectivity index (χ1v) is 14.9. The molecule has 1 saturated heterocycles. The number of nitrogens with zero attached hydrogens (tertiary/aromatic N) is 6. The molecule has 1 aromatic carbocycles. The van der Waals surface area contributed by atoms with E-state index in [1.165, 1.54) is 12.2 Å². The molecule has 0 aliphatic carbocycles. The maximum absolute atomic E-state index is 12.7. The van der Waals surface area contributed by atoms with E-state index in [0.717, 1.165) is 84.1 Å². The number of benzene rings is 1. The van der Waals surface area contributed by atoms with Crippen molar-refractivity contribution in [3.8, 4) is 5.75 Å². The molecule has 12 nitrogen and oxygen atoms in total. The number of hydrogen-bond acceptors (Lipinski definition) is 9. The van der Waals surface area contributed by atoms with Gasteiger partial charge in [-0.3, -0.25) is 24.2 Å². The molecule has 43 heavy (non-hydrogen) atoms. The molecule has 0 radical (unpaired) electrons. The highest BCUT2D eigenvalue weighted by atomic mass is 16.5. The monoisotopic (exact) mass is 588 g/mol. The van der Waals surface area contributed by atoms with E-state index in [-0.39, 0.29) is 36.6 Å². The predicted molar refractivity (Wildman–Crippen MR) is 164 cm³/mol. The van der Waals surface area contributed by atoms with Gasteiger partial charge in [0.05, 0.1) is 19.2 Å². The highest BCUT2D eigenvalue weighted by molar-refractivity contribution is 6.13. The Labute approximate surface area is 251 Å². The molecule has 228 valence electrons. The number of carbonyl (C=O) groups is 3. The van der Waals surface area contributed by atoms with Gasteiger partial charge in [-0.25, -0.2) is 4.98 Å². The number of anilines is 2. The standard InChI is InChI=1S/C31H40N8O4/c1-3-4-5-12-33-30-29-24(34-31(32)35-30)10-13-38(29)21-23-19-22(6-7-25(23)43-2)20-36-15-17-37(18-16-36)26(40)11-14-39-27(41)8-9-28(39)42/h6-10,13,19H,3-5,11-12,14-18,20-21H2,1-2H3,(H3,32,33,34,35). The van der Waals surface area contributed by atoms with Gasteiger partial charge in [0.1, 0.15) is 11.3 Å². The Morgan fingerprint density at radius 1 is 1.02 bits per heavy atom. The minimum atomic E-state index is -0.357. The second kappa shape index (κ2) is 13.7. The molecule has 3 amide bonds. The van der Waals surface area contributed by atoms with Gasteiger partial charge in [-0.05, 0) is 30.2 Å². The van der Waals surface area contributed by atoms with Crippen LogP contribution in [0.2, 0.25) is 0 Å². The number of rotatable bonds is 13. The Kier molecular flexibility index (Phi) is 9.55. The van der Waals surface area contributed by atoms with Gasteiger partial charge in [0.2, 0.25) is 11.9 Å². The van der Waals surface area contributed by atoms with Crippen molar-refractivity contribution in [1.82, 2.24) is 29.2 Å². The van der Waals surface area contributed by atoms with Gasteiger partial charge >= 0.3 is 0 Å². The molecule has 1 fully saturated rings. The summed E-state index contributed by atoms with van der Waals surface area (Å²) >= 11 is 0. The number of unbranched alkanes of at least 4 members (excludes halogenated alkanes) is 2. The summed E-state index contributed by atoms with van der Waals surface area (Å²) in [6.07, 6.45) is 7.98. The van der Waals surface area contributed by atoms with E-state index >= 15 is 0 Å². The van der Waals surface area contributed by atoms with Crippen molar-refractivity contribution in [1.29, 1.82) is 0 Å². The van der Waals surface area contributed by atoms with Crippen LogP contribution in [0, 0.1) is 0 Å². The summed E-state index contributed by atoms with van der Waals surface area (Å²) in [5.41, 5.74) is 9.90. The van der Waals surface area contributed by atoms with Gasteiger partial charge in [0.25, 0.3) is 11.8 Å². The molecule has 3 N–H and O–H groups in total. The SMILES string of the molecule is CCCCCNc1nc(N)nc2ccn(Cc3cc(CN4CCN(C(=O)CCN5C(=O)C=CC5=O)CC4)ccc3OC)c12. The maximum atomic E-state index is 12.7. The quantitative estimate of drug-likeness (QED) is 0.228. The largest absolute Gasteiger partial charge is 0.496 e. The van der Waals surface area contributed by atoms with E-state index in [9.17, 15) is 14.4 Å². The molecule has 5 rings (SSSR count). The number of nitrogens with one attached hydrogen (secondary N) is 1. The third-order valence-electron chi connectivity index (χ3n) is 7.97. The van der Waals surface area contributed by atoms with Gasteiger partial charge in [-0.2, -0.15) is 4.98 Å². The number of ether oxygens (including phenoxy) is 1. The number of nitrogens with two attached hydrogens (primary N) is 1. The van der Waals surface area contributed by atoms with Crippen molar-refractivity contribution in [2.45, 2.75) is 45.7 Å². The lowest BCUT2D eigenvalue weighted by Crippen LogP contribution is -2.49. The molecular weight excluding hydrogens is 548 g/mol. The van der Waals surface area contributed by atoms with Gasteiger partial charge in [0.15, 0.2) is 5.82 Å². The summed E-state index contributed by atoms with van der Waals surface area (Å²) < 4.78 is 7.85. The van der Waals surface area contributed by atoms with E-state index in [1.54, 1.807) is 7.11 Å². The van der Waals surface area contributed by atoms with E-state index in [2.05, 4.69) is 43.8 Å². The van der Waals surface area contributed by atoms with Crippen LogP contribution in [-0.2, 0) is 27.5 Å². The lowest BCUT2D eigenvalue weighted by atomic mass is 10.1. The van der Waals surface area contributed by atoms with Crippen molar-refractivity contribution in [2.75, 3.05) is 57.4 Å².